The third kappa shape index (κ3) is 6.71. The van der Waals surface area contributed by atoms with Crippen molar-refractivity contribution >= 4 is 23.4 Å². The van der Waals surface area contributed by atoms with Crippen molar-refractivity contribution in [3.8, 4) is 11.1 Å². The van der Waals surface area contributed by atoms with Gasteiger partial charge in [0, 0.05) is 23.9 Å². The fourth-order valence-corrected chi connectivity index (χ4v) is 6.50. The molecule has 0 bridgehead atoms. The van der Waals surface area contributed by atoms with E-state index < -0.39 is 23.8 Å². The van der Waals surface area contributed by atoms with Crippen LogP contribution in [0.4, 0.5) is 5.69 Å². The van der Waals surface area contributed by atoms with Crippen molar-refractivity contribution in [2.45, 2.75) is 84.6 Å². The molecule has 39 heavy (non-hydrogen) atoms. The summed E-state index contributed by atoms with van der Waals surface area (Å²) in [5.74, 6) is -1.12. The summed E-state index contributed by atoms with van der Waals surface area (Å²) in [4.78, 5) is 42.7. The van der Waals surface area contributed by atoms with Crippen LogP contribution in [0.3, 0.4) is 0 Å². The number of carbonyl (C=O) groups excluding carboxylic acids is 3. The highest BCUT2D eigenvalue weighted by molar-refractivity contribution is 6.06. The molecule has 3 amide bonds. The van der Waals surface area contributed by atoms with Crippen LogP contribution in [0, 0.1) is 23.7 Å². The topological polar surface area (TPSA) is 92.5 Å². The molecule has 1 saturated carbocycles. The van der Waals surface area contributed by atoms with Gasteiger partial charge >= 0.3 is 0 Å². The maximum atomic E-state index is 14.4. The van der Waals surface area contributed by atoms with Crippen molar-refractivity contribution in [2.24, 2.45) is 29.4 Å². The summed E-state index contributed by atoms with van der Waals surface area (Å²) < 4.78 is 0. The van der Waals surface area contributed by atoms with Gasteiger partial charge in [-0.25, -0.2) is 0 Å². The average Bonchev–Trinajstić information content (AvgIpc) is 3.42. The Bertz CT molecular complexity index is 1150. The number of primary amides is 1. The molecule has 3 N–H and O–H groups in total. The molecule has 1 fully saturated rings. The maximum absolute atomic E-state index is 14.4. The minimum absolute atomic E-state index is 0.119. The van der Waals surface area contributed by atoms with E-state index >= 15 is 0 Å². The van der Waals surface area contributed by atoms with Gasteiger partial charge in [0.15, 0.2) is 0 Å². The van der Waals surface area contributed by atoms with Gasteiger partial charge in [0.25, 0.3) is 5.91 Å². The number of para-hydroxylation sites is 1. The molecule has 1 unspecified atom stereocenters. The van der Waals surface area contributed by atoms with Gasteiger partial charge in [-0.15, -0.1) is 0 Å². The molecule has 2 aromatic carbocycles. The predicted octanol–water partition coefficient (Wildman–Crippen LogP) is 6.39. The number of benzene rings is 2. The molecule has 2 aliphatic rings. The van der Waals surface area contributed by atoms with E-state index in [0.29, 0.717) is 25.3 Å². The van der Waals surface area contributed by atoms with Crippen LogP contribution in [0.5, 0.6) is 0 Å². The van der Waals surface area contributed by atoms with Gasteiger partial charge in [-0.3, -0.25) is 14.4 Å². The Labute approximate surface area is 233 Å². The Hall–Kier alpha value is -3.15. The number of nitrogens with two attached hydrogens (primary N) is 1. The number of hydrogen-bond donors (Lipinski definition) is 2. The van der Waals surface area contributed by atoms with Crippen molar-refractivity contribution < 1.29 is 14.4 Å². The monoisotopic (exact) mass is 531 g/mol. The quantitative estimate of drug-likeness (QED) is 0.332. The SMILES string of the molecule is CCCC[C@H](C(N)=O)[C@@H](CC(C)C)C(=O)NC1C(=O)N(CCC2CCCC2)c2ccccc2-c2ccccc21. The number of nitrogens with one attached hydrogen (secondary N) is 1. The largest absolute Gasteiger partial charge is 0.369 e. The number of anilines is 1. The lowest BCUT2D eigenvalue weighted by atomic mass is 9.81. The van der Waals surface area contributed by atoms with E-state index in [9.17, 15) is 14.4 Å². The number of unbranched alkanes of at least 4 members (excludes halogenated alkanes) is 1. The second-order valence-corrected chi connectivity index (χ2v) is 11.9. The first-order valence-corrected chi connectivity index (χ1v) is 14.9. The third-order valence-corrected chi connectivity index (χ3v) is 8.57. The smallest absolute Gasteiger partial charge is 0.254 e. The van der Waals surface area contributed by atoms with Gasteiger partial charge in [0.2, 0.25) is 11.8 Å². The van der Waals surface area contributed by atoms with Crippen molar-refractivity contribution in [1.29, 1.82) is 0 Å². The Morgan fingerprint density at radius 3 is 2.33 bits per heavy atom. The van der Waals surface area contributed by atoms with E-state index in [1.165, 1.54) is 25.7 Å². The Morgan fingerprint density at radius 2 is 1.67 bits per heavy atom. The van der Waals surface area contributed by atoms with Crippen molar-refractivity contribution in [3.63, 3.8) is 0 Å². The first kappa shape index (κ1) is 28.8. The zero-order valence-electron chi connectivity index (χ0n) is 23.8. The predicted molar refractivity (Wildman–Crippen MR) is 157 cm³/mol. The number of fused-ring (bicyclic) bond motifs is 3. The molecule has 1 aliphatic carbocycles. The number of amides is 3. The van der Waals surface area contributed by atoms with Gasteiger partial charge in [-0.05, 0) is 48.3 Å². The molecule has 6 heteroatoms. The lowest BCUT2D eigenvalue weighted by Gasteiger charge is -2.30. The fraction of sp³-hybridized carbons (Fsp3) is 0.545. The first-order chi connectivity index (χ1) is 18.8. The molecule has 2 aromatic rings. The summed E-state index contributed by atoms with van der Waals surface area (Å²) in [5, 5.41) is 3.14. The Kier molecular flexibility index (Phi) is 9.82. The minimum atomic E-state index is -0.834. The molecule has 3 atom stereocenters. The molecular formula is C33H45N3O3. The number of hydrogen-bond acceptors (Lipinski definition) is 3. The van der Waals surface area contributed by atoms with E-state index in [1.807, 2.05) is 61.2 Å². The second kappa shape index (κ2) is 13.3. The van der Waals surface area contributed by atoms with E-state index in [-0.39, 0.29) is 17.7 Å². The van der Waals surface area contributed by atoms with Gasteiger partial charge < -0.3 is 16.0 Å². The van der Waals surface area contributed by atoms with E-state index in [4.69, 9.17) is 5.73 Å². The summed E-state index contributed by atoms with van der Waals surface area (Å²) in [6.45, 7) is 6.78. The van der Waals surface area contributed by atoms with E-state index in [0.717, 1.165) is 41.6 Å². The van der Waals surface area contributed by atoms with Crippen LogP contribution in [0.25, 0.3) is 11.1 Å². The van der Waals surface area contributed by atoms with E-state index in [1.54, 1.807) is 0 Å². The Morgan fingerprint density at radius 1 is 1.00 bits per heavy atom. The molecule has 4 rings (SSSR count). The summed E-state index contributed by atoms with van der Waals surface area (Å²) in [7, 11) is 0. The number of nitrogens with zero attached hydrogens (tertiary/aromatic N) is 1. The highest BCUT2D eigenvalue weighted by atomic mass is 16.2. The molecule has 0 aromatic heterocycles. The number of rotatable bonds is 12. The van der Waals surface area contributed by atoms with Crippen molar-refractivity contribution in [1.82, 2.24) is 5.32 Å². The van der Waals surface area contributed by atoms with Crippen molar-refractivity contribution in [3.05, 3.63) is 54.1 Å². The number of carbonyl (C=O) groups is 3. The van der Waals surface area contributed by atoms with E-state index in [2.05, 4.69) is 18.3 Å². The van der Waals surface area contributed by atoms with Crippen LogP contribution in [-0.2, 0) is 14.4 Å². The lowest BCUT2D eigenvalue weighted by Crippen LogP contribution is -2.47. The molecule has 210 valence electrons. The summed E-state index contributed by atoms with van der Waals surface area (Å²) in [6.07, 6.45) is 8.76. The van der Waals surface area contributed by atoms with Crippen LogP contribution in [0.2, 0.25) is 0 Å². The molecule has 1 aliphatic heterocycles. The second-order valence-electron chi connectivity index (χ2n) is 11.9. The highest BCUT2D eigenvalue weighted by Gasteiger charge is 2.39. The van der Waals surface area contributed by atoms with Gasteiger partial charge in [0.05, 0.1) is 5.69 Å². The zero-order valence-corrected chi connectivity index (χ0v) is 23.8. The Balaban J connectivity index is 1.70. The first-order valence-electron chi connectivity index (χ1n) is 14.9. The van der Waals surface area contributed by atoms with Crippen LogP contribution < -0.4 is 16.0 Å². The molecule has 1 heterocycles. The zero-order chi connectivity index (χ0) is 27.9. The summed E-state index contributed by atoms with van der Waals surface area (Å²) >= 11 is 0. The van der Waals surface area contributed by atoms with Crippen LogP contribution >= 0.6 is 0 Å². The average molecular weight is 532 g/mol. The van der Waals surface area contributed by atoms with Gasteiger partial charge in [0.1, 0.15) is 6.04 Å². The highest BCUT2D eigenvalue weighted by Crippen LogP contribution is 2.41. The summed E-state index contributed by atoms with van der Waals surface area (Å²) in [6, 6.07) is 15.1. The molecule has 6 nitrogen and oxygen atoms in total. The maximum Gasteiger partial charge on any atom is 0.254 e. The standard InChI is InChI=1S/C33H45N3O3/c1-4-5-14-27(31(34)37)28(21-22(2)3)32(38)35-30-26-17-9-8-15-24(26)25-16-10-11-18-29(25)36(33(30)39)20-19-23-12-6-7-13-23/h8-11,15-18,22-23,27-28,30H,4-7,12-14,19-21H2,1-3H3,(H2,34,37)(H,35,38)/t27-,28+,30?/m0/s1. The van der Waals surface area contributed by atoms with Gasteiger partial charge in [-0.1, -0.05) is 102 Å². The molecule has 0 radical (unpaired) electrons. The van der Waals surface area contributed by atoms with Gasteiger partial charge in [-0.2, -0.15) is 0 Å². The lowest BCUT2D eigenvalue weighted by molar-refractivity contribution is -0.136. The normalized spacial score (nSPS) is 18.8. The summed E-state index contributed by atoms with van der Waals surface area (Å²) in [5.41, 5.74) is 9.47. The van der Waals surface area contributed by atoms with Crippen LogP contribution in [-0.4, -0.2) is 24.3 Å². The minimum Gasteiger partial charge on any atom is -0.369 e. The molecule has 0 spiro atoms. The molecule has 0 saturated heterocycles. The molecular weight excluding hydrogens is 486 g/mol. The van der Waals surface area contributed by atoms with Crippen LogP contribution in [0.15, 0.2) is 48.5 Å². The third-order valence-electron chi connectivity index (χ3n) is 8.57. The van der Waals surface area contributed by atoms with Crippen molar-refractivity contribution in [2.75, 3.05) is 11.4 Å². The van der Waals surface area contributed by atoms with Crippen LogP contribution in [0.1, 0.15) is 90.2 Å². The fourth-order valence-electron chi connectivity index (χ4n) is 6.50.